The molecule has 1 aliphatic rings. The van der Waals surface area contributed by atoms with Gasteiger partial charge in [0.25, 0.3) is 0 Å². The fourth-order valence-corrected chi connectivity index (χ4v) is 2.91. The second-order valence-corrected chi connectivity index (χ2v) is 6.73. The van der Waals surface area contributed by atoms with Crippen molar-refractivity contribution in [2.24, 2.45) is 5.41 Å². The van der Waals surface area contributed by atoms with Gasteiger partial charge in [-0.25, -0.2) is 4.98 Å². The topological polar surface area (TPSA) is 55.0 Å². The van der Waals surface area contributed by atoms with E-state index in [-0.39, 0.29) is 0 Å². The van der Waals surface area contributed by atoms with Gasteiger partial charge < -0.3 is 10.6 Å². The molecule has 0 amide bonds. The third-order valence-electron chi connectivity index (χ3n) is 3.87. The van der Waals surface area contributed by atoms with Crippen molar-refractivity contribution in [1.82, 2.24) is 9.97 Å². The Bertz CT molecular complexity index is 403. The normalized spacial score (nSPS) is 19.8. The van der Waals surface area contributed by atoms with Crippen molar-refractivity contribution < 1.29 is 0 Å². The predicted molar refractivity (Wildman–Crippen MR) is 78.6 cm³/mol. The van der Waals surface area contributed by atoms with Crippen LogP contribution in [-0.2, 0) is 0 Å². The summed E-state index contributed by atoms with van der Waals surface area (Å²) in [6.07, 6.45) is 4.90. The molecule has 4 nitrogen and oxygen atoms in total. The van der Waals surface area contributed by atoms with Crippen molar-refractivity contribution >= 4 is 27.7 Å². The van der Waals surface area contributed by atoms with Gasteiger partial charge in [0.2, 0.25) is 5.95 Å². The molecular formula is C13H21BrN4. The molecule has 2 N–H and O–H groups in total. The summed E-state index contributed by atoms with van der Waals surface area (Å²) in [7, 11) is 2.06. The molecule has 1 heterocycles. The van der Waals surface area contributed by atoms with Crippen molar-refractivity contribution in [3.63, 3.8) is 0 Å². The summed E-state index contributed by atoms with van der Waals surface area (Å²) < 4.78 is 0.744. The highest BCUT2D eigenvalue weighted by molar-refractivity contribution is 9.10. The number of hydrogen-bond acceptors (Lipinski definition) is 4. The van der Waals surface area contributed by atoms with Crippen molar-refractivity contribution in [2.75, 3.05) is 17.7 Å². The monoisotopic (exact) mass is 312 g/mol. The Balaban J connectivity index is 2.09. The minimum absolute atomic E-state index is 0.481. The first-order valence-electron chi connectivity index (χ1n) is 6.40. The van der Waals surface area contributed by atoms with E-state index in [1.165, 1.54) is 25.7 Å². The first-order chi connectivity index (χ1) is 8.37. The summed E-state index contributed by atoms with van der Waals surface area (Å²) >= 11 is 3.37. The molecule has 1 fully saturated rings. The summed E-state index contributed by atoms with van der Waals surface area (Å²) in [6.45, 7) is 4.69. The minimum atomic E-state index is 0.481. The Morgan fingerprint density at radius 1 is 1.33 bits per heavy atom. The van der Waals surface area contributed by atoms with Crippen molar-refractivity contribution in [1.29, 1.82) is 0 Å². The zero-order valence-electron chi connectivity index (χ0n) is 11.3. The molecule has 0 spiro atoms. The van der Waals surface area contributed by atoms with Gasteiger partial charge in [-0.15, -0.1) is 0 Å². The van der Waals surface area contributed by atoms with Crippen LogP contribution >= 0.6 is 15.9 Å². The van der Waals surface area contributed by atoms with Crippen LogP contribution < -0.4 is 10.6 Å². The van der Waals surface area contributed by atoms with Gasteiger partial charge in [-0.05, 0) is 47.0 Å². The van der Waals surface area contributed by atoms with E-state index in [0.717, 1.165) is 4.60 Å². The maximum Gasteiger partial charge on any atom is 0.228 e. The fraction of sp³-hybridized carbons (Fsp3) is 0.692. The van der Waals surface area contributed by atoms with Crippen LogP contribution in [-0.4, -0.2) is 23.1 Å². The van der Waals surface area contributed by atoms with E-state index in [9.17, 15) is 0 Å². The molecule has 0 aliphatic heterocycles. The van der Waals surface area contributed by atoms with E-state index < -0.39 is 0 Å². The van der Waals surface area contributed by atoms with Gasteiger partial charge in [0, 0.05) is 19.2 Å². The molecule has 5 heteroatoms. The summed E-state index contributed by atoms with van der Waals surface area (Å²) in [5.74, 6) is 1.22. The van der Waals surface area contributed by atoms with Crippen LogP contribution in [0.3, 0.4) is 0 Å². The van der Waals surface area contributed by atoms with Crippen LogP contribution in [0.5, 0.6) is 0 Å². The van der Waals surface area contributed by atoms with E-state index in [2.05, 4.69) is 51.7 Å². The second kappa shape index (κ2) is 5.03. The number of nitrogens with two attached hydrogens (primary N) is 1. The Hall–Kier alpha value is -0.840. The van der Waals surface area contributed by atoms with Crippen LogP contribution in [0.1, 0.15) is 39.5 Å². The minimum Gasteiger partial charge on any atom is -0.383 e. The first-order valence-corrected chi connectivity index (χ1v) is 7.20. The van der Waals surface area contributed by atoms with E-state index in [1.54, 1.807) is 6.07 Å². The lowest BCUT2D eigenvalue weighted by Gasteiger charge is -2.38. The van der Waals surface area contributed by atoms with Gasteiger partial charge in [-0.3, -0.25) is 0 Å². The van der Waals surface area contributed by atoms with Crippen molar-refractivity contribution in [2.45, 2.75) is 45.6 Å². The third kappa shape index (κ3) is 3.13. The average molecular weight is 313 g/mol. The number of rotatable bonds is 2. The quantitative estimate of drug-likeness (QED) is 0.852. The van der Waals surface area contributed by atoms with Crippen LogP contribution in [0.15, 0.2) is 10.7 Å². The number of hydrogen-bond donors (Lipinski definition) is 1. The largest absolute Gasteiger partial charge is 0.383 e. The van der Waals surface area contributed by atoms with E-state index in [0.29, 0.717) is 23.2 Å². The van der Waals surface area contributed by atoms with Gasteiger partial charge in [0.05, 0.1) is 0 Å². The standard InChI is InChI=1S/C13H21BrN4/c1-13(2)6-4-9(5-7-13)18(3)12-16-10(14)8-11(15)17-12/h8-9H,4-7H2,1-3H3,(H2,15,16,17). The molecule has 0 atom stereocenters. The zero-order chi connectivity index (χ0) is 13.3. The molecular weight excluding hydrogens is 292 g/mol. The van der Waals surface area contributed by atoms with Crippen LogP contribution in [0.4, 0.5) is 11.8 Å². The smallest absolute Gasteiger partial charge is 0.228 e. The molecule has 18 heavy (non-hydrogen) atoms. The summed E-state index contributed by atoms with van der Waals surface area (Å²) in [5.41, 5.74) is 6.24. The van der Waals surface area contributed by atoms with E-state index in [1.807, 2.05) is 0 Å². The van der Waals surface area contributed by atoms with Gasteiger partial charge >= 0.3 is 0 Å². The maximum atomic E-state index is 5.76. The molecule has 2 rings (SSSR count). The molecule has 1 aromatic heterocycles. The number of nitrogen functional groups attached to an aromatic ring is 1. The molecule has 1 saturated carbocycles. The maximum absolute atomic E-state index is 5.76. The zero-order valence-corrected chi connectivity index (χ0v) is 12.9. The highest BCUT2D eigenvalue weighted by atomic mass is 79.9. The Morgan fingerprint density at radius 3 is 2.50 bits per heavy atom. The average Bonchev–Trinajstić information content (AvgIpc) is 2.27. The predicted octanol–water partition coefficient (Wildman–Crippen LogP) is 3.23. The van der Waals surface area contributed by atoms with Gasteiger partial charge in [0.1, 0.15) is 10.4 Å². The molecule has 0 saturated heterocycles. The molecule has 1 aromatic rings. The van der Waals surface area contributed by atoms with Crippen molar-refractivity contribution in [3.8, 4) is 0 Å². The highest BCUT2D eigenvalue weighted by Crippen LogP contribution is 2.37. The lowest BCUT2D eigenvalue weighted by atomic mass is 9.75. The summed E-state index contributed by atoms with van der Waals surface area (Å²) in [6, 6.07) is 2.24. The molecule has 0 radical (unpaired) electrons. The number of nitrogens with zero attached hydrogens (tertiary/aromatic N) is 3. The van der Waals surface area contributed by atoms with Crippen LogP contribution in [0.2, 0.25) is 0 Å². The third-order valence-corrected chi connectivity index (χ3v) is 4.28. The van der Waals surface area contributed by atoms with Crippen LogP contribution in [0, 0.1) is 5.41 Å². The molecule has 1 aliphatic carbocycles. The lowest BCUT2D eigenvalue weighted by Crippen LogP contribution is -2.38. The Kier molecular flexibility index (Phi) is 3.80. The highest BCUT2D eigenvalue weighted by Gasteiger charge is 2.29. The Morgan fingerprint density at radius 2 is 1.94 bits per heavy atom. The number of aromatic nitrogens is 2. The summed E-state index contributed by atoms with van der Waals surface area (Å²) in [5, 5.41) is 0. The van der Waals surface area contributed by atoms with Crippen molar-refractivity contribution in [3.05, 3.63) is 10.7 Å². The van der Waals surface area contributed by atoms with Gasteiger partial charge in [0.15, 0.2) is 0 Å². The molecule has 0 bridgehead atoms. The van der Waals surface area contributed by atoms with E-state index in [4.69, 9.17) is 5.73 Å². The molecule has 0 aromatic carbocycles. The second-order valence-electron chi connectivity index (χ2n) is 5.92. The Labute approximate surface area is 117 Å². The van der Waals surface area contributed by atoms with Crippen LogP contribution in [0.25, 0.3) is 0 Å². The number of anilines is 2. The molecule has 100 valence electrons. The van der Waals surface area contributed by atoms with Gasteiger partial charge in [-0.1, -0.05) is 13.8 Å². The van der Waals surface area contributed by atoms with E-state index >= 15 is 0 Å². The SMILES string of the molecule is CN(c1nc(N)cc(Br)n1)C1CCC(C)(C)CC1. The van der Waals surface area contributed by atoms with Gasteiger partial charge in [-0.2, -0.15) is 4.98 Å². The molecule has 0 unspecified atom stereocenters. The lowest BCUT2D eigenvalue weighted by molar-refractivity contribution is 0.222. The number of halogens is 1. The summed E-state index contributed by atoms with van der Waals surface area (Å²) in [4.78, 5) is 10.9. The fourth-order valence-electron chi connectivity index (χ4n) is 2.51. The first kappa shape index (κ1) is 13.6.